The molecule has 1 aliphatic rings. The van der Waals surface area contributed by atoms with Crippen LogP contribution in [0.3, 0.4) is 0 Å². The van der Waals surface area contributed by atoms with E-state index in [2.05, 4.69) is 22.5 Å². The fourth-order valence-corrected chi connectivity index (χ4v) is 4.44. The average Bonchev–Trinajstić information content (AvgIpc) is 2.90. The summed E-state index contributed by atoms with van der Waals surface area (Å²) in [5.41, 5.74) is 1.63. The predicted molar refractivity (Wildman–Crippen MR) is 118 cm³/mol. The number of ether oxygens (including phenoxy) is 1. The molecule has 2 aromatic rings. The summed E-state index contributed by atoms with van der Waals surface area (Å²) >= 11 is 16.6. The van der Waals surface area contributed by atoms with Crippen molar-refractivity contribution >= 4 is 68.1 Å². The maximum atomic E-state index is 12.3. The number of imide groups is 1. The number of amides is 2. The van der Waals surface area contributed by atoms with Gasteiger partial charge in [-0.25, -0.2) is 0 Å². The topological polar surface area (TPSA) is 46.6 Å². The molecule has 8 heteroatoms. The Labute approximate surface area is 185 Å². The largest absolute Gasteiger partial charge is 0.486 e. The summed E-state index contributed by atoms with van der Waals surface area (Å²) < 4.78 is 6.46. The molecule has 1 saturated heterocycles. The number of benzene rings is 2. The zero-order valence-corrected chi connectivity index (χ0v) is 18.4. The Morgan fingerprint density at radius 1 is 1.18 bits per heavy atom. The SMILES string of the molecule is C=CCN1C(=O)S/C(=C/c2cc(Cl)c(OCc3ccc(Cl)cc3)c(Br)c2)C1=O. The van der Waals surface area contributed by atoms with Crippen LogP contribution >= 0.6 is 50.9 Å². The van der Waals surface area contributed by atoms with Gasteiger partial charge in [-0.2, -0.15) is 0 Å². The van der Waals surface area contributed by atoms with E-state index in [1.54, 1.807) is 30.3 Å². The summed E-state index contributed by atoms with van der Waals surface area (Å²) in [5, 5.41) is 0.731. The first-order chi connectivity index (χ1) is 13.4. The molecular formula is C20H14BrCl2NO3S. The van der Waals surface area contributed by atoms with Gasteiger partial charge >= 0.3 is 0 Å². The van der Waals surface area contributed by atoms with Gasteiger partial charge in [0.05, 0.1) is 14.4 Å². The molecule has 1 aliphatic heterocycles. The molecule has 0 unspecified atom stereocenters. The fourth-order valence-electron chi connectivity index (χ4n) is 2.47. The zero-order chi connectivity index (χ0) is 20.3. The Hall–Kier alpha value is -1.73. The third-order valence-electron chi connectivity index (χ3n) is 3.80. The van der Waals surface area contributed by atoms with Crippen molar-refractivity contribution in [1.82, 2.24) is 4.90 Å². The van der Waals surface area contributed by atoms with E-state index in [1.807, 2.05) is 12.1 Å². The number of hydrogen-bond donors (Lipinski definition) is 0. The summed E-state index contributed by atoms with van der Waals surface area (Å²) in [7, 11) is 0. The lowest BCUT2D eigenvalue weighted by Crippen LogP contribution is -2.27. The predicted octanol–water partition coefficient (Wildman–Crippen LogP) is 6.56. The molecular weight excluding hydrogens is 485 g/mol. The van der Waals surface area contributed by atoms with E-state index in [1.165, 1.54) is 6.08 Å². The number of rotatable bonds is 6. The van der Waals surface area contributed by atoms with Crippen LogP contribution in [0.15, 0.2) is 58.4 Å². The third-order valence-corrected chi connectivity index (χ3v) is 5.83. The van der Waals surface area contributed by atoms with Crippen LogP contribution in [0, 0.1) is 0 Å². The molecule has 0 spiro atoms. The maximum Gasteiger partial charge on any atom is 0.293 e. The lowest BCUT2D eigenvalue weighted by Gasteiger charge is -2.11. The van der Waals surface area contributed by atoms with E-state index in [0.29, 0.717) is 37.3 Å². The number of carbonyl (C=O) groups excluding carboxylic acids is 2. The molecule has 0 aromatic heterocycles. The average molecular weight is 499 g/mol. The highest BCUT2D eigenvalue weighted by molar-refractivity contribution is 9.10. The van der Waals surface area contributed by atoms with Crippen molar-refractivity contribution in [3.05, 3.63) is 79.6 Å². The van der Waals surface area contributed by atoms with E-state index in [9.17, 15) is 9.59 Å². The van der Waals surface area contributed by atoms with E-state index in [-0.39, 0.29) is 17.7 Å². The molecule has 28 heavy (non-hydrogen) atoms. The van der Waals surface area contributed by atoms with Crippen LogP contribution in [0.1, 0.15) is 11.1 Å². The highest BCUT2D eigenvalue weighted by atomic mass is 79.9. The van der Waals surface area contributed by atoms with Crippen molar-refractivity contribution in [3.8, 4) is 5.75 Å². The second kappa shape index (κ2) is 9.18. The van der Waals surface area contributed by atoms with Gasteiger partial charge in [0, 0.05) is 11.6 Å². The Balaban J connectivity index is 1.78. The quantitative estimate of drug-likeness (QED) is 0.334. The number of thioether (sulfide) groups is 1. The van der Waals surface area contributed by atoms with Crippen molar-refractivity contribution in [2.45, 2.75) is 6.61 Å². The first kappa shape index (κ1) is 21.0. The normalized spacial score (nSPS) is 15.4. The minimum absolute atomic E-state index is 0.184. The van der Waals surface area contributed by atoms with Crippen LogP contribution in [-0.4, -0.2) is 22.6 Å². The van der Waals surface area contributed by atoms with Gasteiger partial charge in [0.15, 0.2) is 5.75 Å². The van der Waals surface area contributed by atoms with Gasteiger partial charge in [-0.05, 0) is 69.2 Å². The van der Waals surface area contributed by atoms with Gasteiger partial charge in [0.1, 0.15) is 6.61 Å². The highest BCUT2D eigenvalue weighted by Gasteiger charge is 2.34. The number of carbonyl (C=O) groups is 2. The molecule has 0 saturated carbocycles. The minimum atomic E-state index is -0.342. The van der Waals surface area contributed by atoms with Crippen LogP contribution in [0.4, 0.5) is 4.79 Å². The zero-order valence-electron chi connectivity index (χ0n) is 14.5. The molecule has 1 fully saturated rings. The number of nitrogens with zero attached hydrogens (tertiary/aromatic N) is 1. The Bertz CT molecular complexity index is 953. The Morgan fingerprint density at radius 3 is 2.54 bits per heavy atom. The van der Waals surface area contributed by atoms with Gasteiger partial charge in [-0.1, -0.05) is 41.4 Å². The van der Waals surface area contributed by atoms with Crippen LogP contribution in [0.2, 0.25) is 10.0 Å². The van der Waals surface area contributed by atoms with E-state index >= 15 is 0 Å². The minimum Gasteiger partial charge on any atom is -0.486 e. The lowest BCUT2D eigenvalue weighted by atomic mass is 10.2. The standard InChI is InChI=1S/C20H14BrCl2NO3S/c1-2-7-24-19(25)17(28-20(24)26)10-13-8-15(21)18(16(23)9-13)27-11-12-3-5-14(22)6-4-12/h2-6,8-10H,1,7,11H2/b17-10+. The molecule has 4 nitrogen and oxygen atoms in total. The lowest BCUT2D eigenvalue weighted by molar-refractivity contribution is -0.122. The monoisotopic (exact) mass is 497 g/mol. The molecule has 0 atom stereocenters. The van der Waals surface area contributed by atoms with Crippen molar-refractivity contribution < 1.29 is 14.3 Å². The molecule has 144 valence electrons. The second-order valence-corrected chi connectivity index (χ2v) is 8.50. The van der Waals surface area contributed by atoms with Crippen LogP contribution in [0.5, 0.6) is 5.75 Å². The van der Waals surface area contributed by atoms with Gasteiger partial charge in [-0.3, -0.25) is 14.5 Å². The maximum absolute atomic E-state index is 12.3. The second-order valence-electron chi connectivity index (χ2n) is 5.81. The summed E-state index contributed by atoms with van der Waals surface area (Å²) in [5.74, 6) is 0.152. The molecule has 3 rings (SSSR count). The molecule has 0 N–H and O–H groups in total. The molecule has 1 heterocycles. The van der Waals surface area contributed by atoms with Crippen molar-refractivity contribution in [2.75, 3.05) is 6.54 Å². The Morgan fingerprint density at radius 2 is 1.89 bits per heavy atom. The van der Waals surface area contributed by atoms with Crippen molar-refractivity contribution in [2.24, 2.45) is 0 Å². The summed E-state index contributed by atoms with van der Waals surface area (Å²) in [6.45, 7) is 4.07. The molecule has 0 bridgehead atoms. The highest BCUT2D eigenvalue weighted by Crippen LogP contribution is 2.38. The van der Waals surface area contributed by atoms with E-state index in [4.69, 9.17) is 27.9 Å². The van der Waals surface area contributed by atoms with E-state index in [0.717, 1.165) is 22.2 Å². The molecule has 0 radical (unpaired) electrons. The van der Waals surface area contributed by atoms with Gasteiger partial charge in [-0.15, -0.1) is 6.58 Å². The van der Waals surface area contributed by atoms with E-state index < -0.39 is 0 Å². The summed E-state index contributed by atoms with van der Waals surface area (Å²) in [6.07, 6.45) is 3.15. The van der Waals surface area contributed by atoms with Gasteiger partial charge < -0.3 is 4.74 Å². The van der Waals surface area contributed by atoms with Crippen molar-refractivity contribution in [1.29, 1.82) is 0 Å². The summed E-state index contributed by atoms with van der Waals surface area (Å²) in [4.78, 5) is 25.7. The van der Waals surface area contributed by atoms with Crippen LogP contribution < -0.4 is 4.74 Å². The molecule has 0 aliphatic carbocycles. The fraction of sp³-hybridized carbons (Fsp3) is 0.100. The van der Waals surface area contributed by atoms with Crippen molar-refractivity contribution in [3.63, 3.8) is 0 Å². The smallest absolute Gasteiger partial charge is 0.293 e. The van der Waals surface area contributed by atoms with Crippen LogP contribution in [-0.2, 0) is 11.4 Å². The molecule has 2 amide bonds. The first-order valence-corrected chi connectivity index (χ1v) is 10.5. The van der Waals surface area contributed by atoms with Gasteiger partial charge in [0.2, 0.25) is 0 Å². The Kier molecular flexibility index (Phi) is 6.88. The number of halogens is 3. The number of hydrogen-bond acceptors (Lipinski definition) is 4. The summed E-state index contributed by atoms with van der Waals surface area (Å²) in [6, 6.07) is 10.8. The third kappa shape index (κ3) is 4.81. The molecule has 2 aromatic carbocycles. The van der Waals surface area contributed by atoms with Crippen LogP contribution in [0.25, 0.3) is 6.08 Å². The van der Waals surface area contributed by atoms with Gasteiger partial charge in [0.25, 0.3) is 11.1 Å². The first-order valence-electron chi connectivity index (χ1n) is 8.11.